The van der Waals surface area contributed by atoms with Gasteiger partial charge >= 0.3 is 0 Å². The van der Waals surface area contributed by atoms with Crippen molar-refractivity contribution >= 4 is 5.78 Å². The van der Waals surface area contributed by atoms with Crippen molar-refractivity contribution in [1.82, 2.24) is 0 Å². The quantitative estimate of drug-likeness (QED) is 0.682. The predicted octanol–water partition coefficient (Wildman–Crippen LogP) is 0.891. The van der Waals surface area contributed by atoms with Crippen molar-refractivity contribution in [2.45, 2.75) is 63.4 Å². The molecule has 102 valence electrons. The lowest BCUT2D eigenvalue weighted by molar-refractivity contribution is -0.132. The summed E-state index contributed by atoms with van der Waals surface area (Å²) < 4.78 is 5.73. The van der Waals surface area contributed by atoms with E-state index in [9.17, 15) is 15.0 Å². The van der Waals surface area contributed by atoms with E-state index in [1.165, 1.54) is 6.92 Å². The first-order valence-corrected chi connectivity index (χ1v) is 6.90. The van der Waals surface area contributed by atoms with Gasteiger partial charge in [0.2, 0.25) is 0 Å². The molecule has 0 amide bonds. The first-order chi connectivity index (χ1) is 8.30. The summed E-state index contributed by atoms with van der Waals surface area (Å²) in [4.78, 5) is 11.8. The number of hydrogen-bond donors (Lipinski definition) is 2. The van der Waals surface area contributed by atoms with Gasteiger partial charge in [0.1, 0.15) is 0 Å². The van der Waals surface area contributed by atoms with Crippen LogP contribution in [0.15, 0.2) is 0 Å². The van der Waals surface area contributed by atoms with E-state index < -0.39 is 17.3 Å². The number of fused-ring (bicyclic) bond motifs is 3. The SMILES string of the molecule is CC(=O)[C@@]12C[C@@H](O)[C@@](C)(O)[C@@H]3CC[C@@H](C)[C@H]3[C@@H]1O2. The largest absolute Gasteiger partial charge is 0.390 e. The third kappa shape index (κ3) is 1.40. The number of rotatable bonds is 1. The number of ketones is 1. The van der Waals surface area contributed by atoms with Crippen LogP contribution in [-0.2, 0) is 9.53 Å². The Labute approximate surface area is 107 Å². The summed E-state index contributed by atoms with van der Waals surface area (Å²) in [7, 11) is 0. The smallest absolute Gasteiger partial charge is 0.164 e. The fourth-order valence-corrected chi connectivity index (χ4v) is 4.33. The van der Waals surface area contributed by atoms with Crippen LogP contribution in [0.25, 0.3) is 0 Å². The molecule has 0 spiro atoms. The van der Waals surface area contributed by atoms with Gasteiger partial charge < -0.3 is 14.9 Å². The summed E-state index contributed by atoms with van der Waals surface area (Å²) in [5.74, 6) is 0.664. The molecule has 3 rings (SSSR count). The topological polar surface area (TPSA) is 70.1 Å². The minimum Gasteiger partial charge on any atom is -0.390 e. The highest BCUT2D eigenvalue weighted by Crippen LogP contribution is 2.60. The standard InChI is InChI=1S/C14H22O4/c1-7-4-5-9-11(7)12-14(18-12,8(2)15)6-10(16)13(9,3)17/h7,9-12,16-17H,4-6H2,1-3H3/t7-,9-,10-,11-,12+,13+,14+/m1/s1. The van der Waals surface area contributed by atoms with Gasteiger partial charge in [0, 0.05) is 6.42 Å². The van der Waals surface area contributed by atoms with Crippen LogP contribution >= 0.6 is 0 Å². The Morgan fingerprint density at radius 1 is 1.39 bits per heavy atom. The second-order valence-electron chi connectivity index (χ2n) is 6.67. The second-order valence-corrected chi connectivity index (χ2v) is 6.67. The third-order valence-electron chi connectivity index (χ3n) is 5.66. The van der Waals surface area contributed by atoms with Gasteiger partial charge in [-0.3, -0.25) is 4.79 Å². The summed E-state index contributed by atoms with van der Waals surface area (Å²) in [5, 5.41) is 20.9. The van der Waals surface area contributed by atoms with Crippen LogP contribution in [0.3, 0.4) is 0 Å². The highest BCUT2D eigenvalue weighted by atomic mass is 16.6. The maximum atomic E-state index is 11.8. The Kier molecular flexibility index (Phi) is 2.48. The fraction of sp³-hybridized carbons (Fsp3) is 0.929. The second kappa shape index (κ2) is 3.56. The predicted molar refractivity (Wildman–Crippen MR) is 64.9 cm³/mol. The third-order valence-corrected chi connectivity index (χ3v) is 5.66. The number of carbonyl (C=O) groups excluding carboxylic acids is 1. The van der Waals surface area contributed by atoms with Crippen molar-refractivity contribution in [3.63, 3.8) is 0 Å². The minimum absolute atomic E-state index is 0.0119. The molecule has 2 saturated carbocycles. The Morgan fingerprint density at radius 2 is 2.06 bits per heavy atom. The molecule has 0 bridgehead atoms. The van der Waals surface area contributed by atoms with Crippen molar-refractivity contribution in [1.29, 1.82) is 0 Å². The molecule has 1 aliphatic heterocycles. The first-order valence-electron chi connectivity index (χ1n) is 6.90. The number of epoxide rings is 1. The maximum absolute atomic E-state index is 11.8. The monoisotopic (exact) mass is 254 g/mol. The fourth-order valence-electron chi connectivity index (χ4n) is 4.33. The number of aliphatic hydroxyl groups excluding tert-OH is 1. The van der Waals surface area contributed by atoms with E-state index in [-0.39, 0.29) is 30.1 Å². The van der Waals surface area contributed by atoms with E-state index in [2.05, 4.69) is 6.92 Å². The van der Waals surface area contributed by atoms with Crippen molar-refractivity contribution in [2.24, 2.45) is 17.8 Å². The molecule has 0 unspecified atom stereocenters. The number of Topliss-reactive ketones (excluding diaryl/α,β-unsaturated/α-hetero) is 1. The highest BCUT2D eigenvalue weighted by molar-refractivity contribution is 5.88. The summed E-state index contributed by atoms with van der Waals surface area (Å²) in [6.45, 7) is 5.40. The Morgan fingerprint density at radius 3 is 2.67 bits per heavy atom. The first kappa shape index (κ1) is 12.6. The maximum Gasteiger partial charge on any atom is 0.164 e. The van der Waals surface area contributed by atoms with Crippen molar-refractivity contribution in [3.05, 3.63) is 0 Å². The summed E-state index contributed by atoms with van der Waals surface area (Å²) in [6.07, 6.45) is 1.20. The van der Waals surface area contributed by atoms with Crippen LogP contribution in [0.1, 0.15) is 40.0 Å². The van der Waals surface area contributed by atoms with Gasteiger partial charge in [0.15, 0.2) is 11.4 Å². The average molecular weight is 254 g/mol. The molecule has 0 aromatic rings. The van der Waals surface area contributed by atoms with E-state index in [1.54, 1.807) is 6.92 Å². The molecule has 1 saturated heterocycles. The van der Waals surface area contributed by atoms with Gasteiger partial charge in [0.05, 0.1) is 17.8 Å². The van der Waals surface area contributed by atoms with Crippen molar-refractivity contribution < 1.29 is 19.7 Å². The highest BCUT2D eigenvalue weighted by Gasteiger charge is 2.71. The Bertz CT molecular complexity index is 391. The molecule has 3 fully saturated rings. The normalized spacial score (nSPS) is 58.6. The molecule has 7 atom stereocenters. The summed E-state index contributed by atoms with van der Waals surface area (Å²) in [5.41, 5.74) is -1.92. The van der Waals surface area contributed by atoms with Crippen LogP contribution in [0.2, 0.25) is 0 Å². The van der Waals surface area contributed by atoms with Crippen LogP contribution in [0.5, 0.6) is 0 Å². The Balaban J connectivity index is 2.01. The van der Waals surface area contributed by atoms with Crippen molar-refractivity contribution in [3.8, 4) is 0 Å². The van der Waals surface area contributed by atoms with E-state index >= 15 is 0 Å². The van der Waals surface area contributed by atoms with Gasteiger partial charge in [-0.25, -0.2) is 0 Å². The summed E-state index contributed by atoms with van der Waals surface area (Å²) in [6, 6.07) is 0. The van der Waals surface area contributed by atoms with Crippen LogP contribution < -0.4 is 0 Å². The zero-order valence-electron chi connectivity index (χ0n) is 11.2. The lowest BCUT2D eigenvalue weighted by atomic mass is 9.76. The molecule has 4 heteroatoms. The molecule has 1 heterocycles. The van der Waals surface area contributed by atoms with Crippen LogP contribution in [-0.4, -0.2) is 39.4 Å². The van der Waals surface area contributed by atoms with Gasteiger partial charge in [-0.1, -0.05) is 6.92 Å². The molecule has 0 radical (unpaired) electrons. The zero-order valence-corrected chi connectivity index (χ0v) is 11.2. The molecular weight excluding hydrogens is 232 g/mol. The molecule has 0 aromatic heterocycles. The van der Waals surface area contributed by atoms with E-state index in [0.717, 1.165) is 12.8 Å². The van der Waals surface area contributed by atoms with Gasteiger partial charge in [-0.05, 0) is 44.4 Å². The summed E-state index contributed by atoms with van der Waals surface area (Å²) >= 11 is 0. The van der Waals surface area contributed by atoms with E-state index in [0.29, 0.717) is 5.92 Å². The van der Waals surface area contributed by atoms with Gasteiger partial charge in [0.25, 0.3) is 0 Å². The molecule has 2 aliphatic carbocycles. The number of aliphatic hydroxyl groups is 2. The number of hydrogen-bond acceptors (Lipinski definition) is 4. The number of carbonyl (C=O) groups is 1. The molecule has 0 aromatic carbocycles. The molecule has 4 nitrogen and oxygen atoms in total. The van der Waals surface area contributed by atoms with E-state index in [4.69, 9.17) is 4.74 Å². The lowest BCUT2D eigenvalue weighted by Gasteiger charge is -2.36. The van der Waals surface area contributed by atoms with E-state index in [1.807, 2.05) is 0 Å². The van der Waals surface area contributed by atoms with Gasteiger partial charge in [-0.15, -0.1) is 0 Å². The van der Waals surface area contributed by atoms with Crippen LogP contribution in [0.4, 0.5) is 0 Å². The lowest BCUT2D eigenvalue weighted by Crippen LogP contribution is -2.48. The zero-order chi connectivity index (χ0) is 13.3. The molecule has 3 aliphatic rings. The van der Waals surface area contributed by atoms with Crippen molar-refractivity contribution in [2.75, 3.05) is 0 Å². The average Bonchev–Trinajstić information content (AvgIpc) is 2.86. The molecular formula is C14H22O4. The van der Waals surface area contributed by atoms with Gasteiger partial charge in [-0.2, -0.15) is 0 Å². The molecule has 18 heavy (non-hydrogen) atoms. The minimum atomic E-state index is -1.10. The number of ether oxygens (including phenoxy) is 1. The Hall–Kier alpha value is -0.450. The molecule has 2 N–H and O–H groups in total. The van der Waals surface area contributed by atoms with Crippen LogP contribution in [0, 0.1) is 17.8 Å².